The van der Waals surface area contributed by atoms with Gasteiger partial charge < -0.3 is 4.90 Å². The van der Waals surface area contributed by atoms with Crippen molar-refractivity contribution in [2.45, 2.75) is 26.2 Å². The summed E-state index contributed by atoms with van der Waals surface area (Å²) in [7, 11) is 0. The highest BCUT2D eigenvalue weighted by atomic mass is 16.6. The number of anilines is 1. The first-order chi connectivity index (χ1) is 8.09. The Labute approximate surface area is 99.2 Å². The number of carbonyl (C=O) groups excluding carboxylic acids is 1. The number of rotatable bonds is 2. The van der Waals surface area contributed by atoms with Gasteiger partial charge >= 0.3 is 5.69 Å². The molecule has 1 N–H and O–H groups in total. The van der Waals surface area contributed by atoms with Gasteiger partial charge in [-0.1, -0.05) is 0 Å². The van der Waals surface area contributed by atoms with Crippen LogP contribution in [0, 0.1) is 11.8 Å². The zero-order chi connectivity index (χ0) is 12.4. The van der Waals surface area contributed by atoms with E-state index >= 15 is 0 Å². The molecule has 1 aromatic carbocycles. The minimum absolute atomic E-state index is 0.120. The molecular weight excluding hydrogens is 220 g/mol. The maximum Gasteiger partial charge on any atom is 0.316 e. The topological polar surface area (TPSA) is 60.6 Å². The lowest BCUT2D eigenvalue weighted by Crippen LogP contribution is -2.35. The third kappa shape index (κ3) is 2.27. The molecule has 1 aromatic rings. The monoisotopic (exact) mass is 235 g/mol. The van der Waals surface area contributed by atoms with E-state index in [1.54, 1.807) is 17.0 Å². The smallest absolute Gasteiger partial charge is 0.312 e. The van der Waals surface area contributed by atoms with Crippen molar-refractivity contribution in [3.05, 3.63) is 28.7 Å². The second kappa shape index (κ2) is 4.53. The molecule has 5 heteroatoms. The molecule has 0 radical (unpaired) electrons. The zero-order valence-electron chi connectivity index (χ0n) is 9.72. The summed E-state index contributed by atoms with van der Waals surface area (Å²) in [6.45, 7) is 2.55. The van der Waals surface area contributed by atoms with Crippen molar-refractivity contribution >= 4 is 17.3 Å². The molecule has 90 valence electrons. The summed E-state index contributed by atoms with van der Waals surface area (Å²) in [5.41, 5.74) is 1.81. The summed E-state index contributed by atoms with van der Waals surface area (Å²) >= 11 is 0. The minimum Gasteiger partial charge on any atom is -0.312 e. The number of piperidine rings is 1. The molecule has 0 spiro atoms. The first kappa shape index (κ1) is 11.6. The van der Waals surface area contributed by atoms with E-state index in [9.17, 15) is 9.70 Å². The van der Waals surface area contributed by atoms with Crippen LogP contribution in [0.25, 0.3) is 0 Å². The predicted molar refractivity (Wildman–Crippen MR) is 62.5 cm³/mol. The van der Waals surface area contributed by atoms with Crippen molar-refractivity contribution in [1.29, 1.82) is 0 Å². The molecule has 1 amide bonds. The third-order valence-electron chi connectivity index (χ3n) is 3.02. The standard InChI is InChI=1S/C12H15N2O3/c1-9-8-10(14(16)17)5-6-11(9)13-7-3-2-4-12(13)15/h5-6,8H,2-4,7H2,1H3,(H,16,17)/q+1. The number of aryl methyl sites for hydroxylation is 1. The summed E-state index contributed by atoms with van der Waals surface area (Å²) < 4.78 is 0. The average molecular weight is 235 g/mol. The van der Waals surface area contributed by atoms with Crippen LogP contribution in [-0.2, 0) is 4.79 Å². The van der Waals surface area contributed by atoms with Crippen LogP contribution in [0.1, 0.15) is 24.8 Å². The Morgan fingerprint density at radius 1 is 1.35 bits per heavy atom. The summed E-state index contributed by atoms with van der Waals surface area (Å²) in [5.74, 6) is 0.120. The van der Waals surface area contributed by atoms with Crippen LogP contribution in [0.15, 0.2) is 18.2 Å². The van der Waals surface area contributed by atoms with E-state index < -0.39 is 0 Å². The maximum atomic E-state index is 11.8. The molecular formula is C12H15N2O3+. The Hall–Kier alpha value is -1.91. The Morgan fingerprint density at radius 3 is 2.71 bits per heavy atom. The molecule has 1 aliphatic heterocycles. The van der Waals surface area contributed by atoms with Gasteiger partial charge in [-0.3, -0.25) is 4.79 Å². The Morgan fingerprint density at radius 2 is 2.12 bits per heavy atom. The van der Waals surface area contributed by atoms with E-state index in [4.69, 9.17) is 5.21 Å². The molecule has 1 heterocycles. The number of hydrogen-bond acceptors (Lipinski definition) is 2. The summed E-state index contributed by atoms with van der Waals surface area (Å²) in [4.78, 5) is 24.1. The first-order valence-corrected chi connectivity index (χ1v) is 5.67. The van der Waals surface area contributed by atoms with Gasteiger partial charge in [-0.25, -0.2) is 5.21 Å². The first-order valence-electron chi connectivity index (χ1n) is 5.67. The Bertz CT molecular complexity index is 471. The van der Waals surface area contributed by atoms with E-state index in [1.165, 1.54) is 6.07 Å². The molecule has 0 aromatic heterocycles. The van der Waals surface area contributed by atoms with E-state index in [-0.39, 0.29) is 16.5 Å². The molecule has 0 unspecified atom stereocenters. The summed E-state index contributed by atoms with van der Waals surface area (Å²) in [6.07, 6.45) is 2.52. The number of hydrogen-bond donors (Lipinski definition) is 1. The molecule has 1 fully saturated rings. The van der Waals surface area contributed by atoms with E-state index in [0.29, 0.717) is 6.42 Å². The molecule has 0 aliphatic carbocycles. The van der Waals surface area contributed by atoms with Gasteiger partial charge in [0.15, 0.2) is 0 Å². The van der Waals surface area contributed by atoms with Gasteiger partial charge in [0.25, 0.3) is 4.92 Å². The second-order valence-electron chi connectivity index (χ2n) is 4.25. The number of carbonyl (C=O) groups is 1. The highest BCUT2D eigenvalue weighted by Gasteiger charge is 2.22. The molecule has 1 saturated heterocycles. The van der Waals surface area contributed by atoms with Crippen LogP contribution in [0.2, 0.25) is 0 Å². The van der Waals surface area contributed by atoms with Crippen LogP contribution in [0.5, 0.6) is 0 Å². The van der Waals surface area contributed by atoms with E-state index in [2.05, 4.69) is 0 Å². The van der Waals surface area contributed by atoms with Gasteiger partial charge in [0, 0.05) is 30.8 Å². The normalized spacial score (nSPS) is 16.1. The van der Waals surface area contributed by atoms with Gasteiger partial charge in [0.2, 0.25) is 5.91 Å². The van der Waals surface area contributed by atoms with Gasteiger partial charge in [0.1, 0.15) is 0 Å². The second-order valence-corrected chi connectivity index (χ2v) is 4.25. The average Bonchev–Trinajstić information content (AvgIpc) is 2.30. The maximum absolute atomic E-state index is 11.8. The summed E-state index contributed by atoms with van der Waals surface area (Å²) in [6, 6.07) is 4.79. The lowest BCUT2D eigenvalue weighted by atomic mass is 10.1. The van der Waals surface area contributed by atoms with Gasteiger partial charge in [-0.05, 0) is 31.4 Å². The highest BCUT2D eigenvalue weighted by molar-refractivity contribution is 5.94. The molecule has 0 bridgehead atoms. The molecule has 0 atom stereocenters. The fraction of sp³-hybridized carbons (Fsp3) is 0.417. The van der Waals surface area contributed by atoms with E-state index in [1.807, 2.05) is 6.92 Å². The van der Waals surface area contributed by atoms with E-state index in [0.717, 1.165) is 30.6 Å². The quantitative estimate of drug-likeness (QED) is 0.800. The number of amides is 1. The van der Waals surface area contributed by atoms with Crippen molar-refractivity contribution in [1.82, 2.24) is 0 Å². The zero-order valence-corrected chi connectivity index (χ0v) is 9.72. The van der Waals surface area contributed by atoms with Gasteiger partial charge in [-0.15, -0.1) is 0 Å². The minimum atomic E-state index is -0.172. The molecule has 5 nitrogen and oxygen atoms in total. The lowest BCUT2D eigenvalue weighted by Gasteiger charge is -2.27. The van der Waals surface area contributed by atoms with Crippen LogP contribution < -0.4 is 4.90 Å². The van der Waals surface area contributed by atoms with Crippen LogP contribution in [0.4, 0.5) is 11.4 Å². The van der Waals surface area contributed by atoms with Crippen molar-refractivity contribution < 1.29 is 14.9 Å². The van der Waals surface area contributed by atoms with Crippen LogP contribution >= 0.6 is 0 Å². The van der Waals surface area contributed by atoms with Crippen molar-refractivity contribution in [2.24, 2.45) is 0 Å². The van der Waals surface area contributed by atoms with Crippen molar-refractivity contribution in [3.8, 4) is 0 Å². The summed E-state index contributed by atoms with van der Waals surface area (Å²) in [5, 5.41) is 8.80. The molecule has 0 saturated carbocycles. The van der Waals surface area contributed by atoms with Gasteiger partial charge in [0.05, 0.1) is 4.91 Å². The Kier molecular flexibility index (Phi) is 3.08. The number of benzene rings is 1. The molecule has 1 aliphatic rings. The Balaban J connectivity index is 2.32. The SMILES string of the molecule is Cc1cc([N+](=O)O)ccc1N1CCCCC1=O. The van der Waals surface area contributed by atoms with Crippen LogP contribution in [0.3, 0.4) is 0 Å². The van der Waals surface area contributed by atoms with Crippen molar-refractivity contribution in [3.63, 3.8) is 0 Å². The van der Waals surface area contributed by atoms with Gasteiger partial charge in [-0.2, -0.15) is 0 Å². The molecule has 2 rings (SSSR count). The van der Waals surface area contributed by atoms with Crippen LogP contribution in [-0.4, -0.2) is 22.6 Å². The molecule has 17 heavy (non-hydrogen) atoms. The highest BCUT2D eigenvalue weighted by Crippen LogP contribution is 2.27. The fourth-order valence-electron chi connectivity index (χ4n) is 2.12. The largest absolute Gasteiger partial charge is 0.316 e. The van der Waals surface area contributed by atoms with Crippen molar-refractivity contribution in [2.75, 3.05) is 11.4 Å². The number of nitrogens with zero attached hydrogens (tertiary/aromatic N) is 2. The predicted octanol–water partition coefficient (Wildman–Crippen LogP) is 2.31. The lowest BCUT2D eigenvalue weighted by molar-refractivity contribution is -0.729. The fourth-order valence-corrected chi connectivity index (χ4v) is 2.12. The third-order valence-corrected chi connectivity index (χ3v) is 3.02.